The van der Waals surface area contributed by atoms with E-state index in [9.17, 15) is 4.79 Å². The number of hydrogen-bond donors (Lipinski definition) is 1. The number of nitrogens with zero attached hydrogens (tertiary/aromatic N) is 3. The Labute approximate surface area is 166 Å². The summed E-state index contributed by atoms with van der Waals surface area (Å²) >= 11 is 6.19. The Hall–Kier alpha value is -3.38. The molecule has 0 aliphatic rings. The summed E-state index contributed by atoms with van der Waals surface area (Å²) in [7, 11) is 0. The zero-order valence-electron chi connectivity index (χ0n) is 14.9. The van der Waals surface area contributed by atoms with Crippen molar-refractivity contribution in [2.24, 2.45) is 0 Å². The molecule has 2 aromatic heterocycles. The Morgan fingerprint density at radius 3 is 2.75 bits per heavy atom. The van der Waals surface area contributed by atoms with Crippen molar-refractivity contribution in [1.82, 2.24) is 14.8 Å². The number of benzene rings is 2. The van der Waals surface area contributed by atoms with Gasteiger partial charge in [-0.15, -0.1) is 0 Å². The van der Waals surface area contributed by atoms with Gasteiger partial charge in [0.25, 0.3) is 5.91 Å². The molecule has 1 N–H and O–H groups in total. The molecular weight excluding hydrogens is 376 g/mol. The summed E-state index contributed by atoms with van der Waals surface area (Å²) in [6, 6.07) is 18.8. The normalized spacial score (nSPS) is 10.8. The summed E-state index contributed by atoms with van der Waals surface area (Å²) < 4.78 is 7.41. The van der Waals surface area contributed by atoms with E-state index in [0.717, 1.165) is 10.9 Å². The average molecular weight is 393 g/mol. The summed E-state index contributed by atoms with van der Waals surface area (Å²) in [5, 5.41) is 8.47. The molecule has 6 nitrogen and oxygen atoms in total. The number of carbonyl (C=O) groups is 1. The first-order valence-corrected chi connectivity index (χ1v) is 9.10. The molecule has 4 aromatic rings. The summed E-state index contributed by atoms with van der Waals surface area (Å²) in [4.78, 5) is 16.7. The molecule has 0 atom stereocenters. The summed E-state index contributed by atoms with van der Waals surface area (Å²) in [5.74, 6) is 0.832. The van der Waals surface area contributed by atoms with E-state index < -0.39 is 0 Å². The first-order chi connectivity index (χ1) is 13.7. The van der Waals surface area contributed by atoms with E-state index in [1.54, 1.807) is 41.3 Å². The zero-order chi connectivity index (χ0) is 19.3. The van der Waals surface area contributed by atoms with Crippen LogP contribution in [-0.4, -0.2) is 27.3 Å². The SMILES string of the molecule is O=C(COc1ccc(Cl)c2cccnc12)Nc1ccnn1Cc1ccccc1. The number of halogens is 1. The van der Waals surface area contributed by atoms with Crippen molar-refractivity contribution < 1.29 is 9.53 Å². The minimum Gasteiger partial charge on any atom is -0.481 e. The molecule has 0 saturated heterocycles. The van der Waals surface area contributed by atoms with Gasteiger partial charge in [0.2, 0.25) is 0 Å². The number of aromatic nitrogens is 3. The molecule has 0 radical (unpaired) electrons. The number of ether oxygens (including phenoxy) is 1. The summed E-state index contributed by atoms with van der Waals surface area (Å²) in [5.41, 5.74) is 1.72. The lowest BCUT2D eigenvalue weighted by Gasteiger charge is -2.11. The molecule has 0 unspecified atom stereocenters. The van der Waals surface area contributed by atoms with E-state index in [4.69, 9.17) is 16.3 Å². The van der Waals surface area contributed by atoms with Crippen molar-refractivity contribution in [3.63, 3.8) is 0 Å². The van der Waals surface area contributed by atoms with Crippen LogP contribution in [-0.2, 0) is 11.3 Å². The topological polar surface area (TPSA) is 69.0 Å². The lowest BCUT2D eigenvalue weighted by molar-refractivity contribution is -0.118. The maximum absolute atomic E-state index is 12.4. The number of rotatable bonds is 6. The molecule has 7 heteroatoms. The van der Waals surface area contributed by atoms with Crippen molar-refractivity contribution in [1.29, 1.82) is 0 Å². The molecule has 140 valence electrons. The Morgan fingerprint density at radius 2 is 1.89 bits per heavy atom. The second-order valence-corrected chi connectivity index (χ2v) is 6.55. The summed E-state index contributed by atoms with van der Waals surface area (Å²) in [6.45, 7) is 0.417. The Morgan fingerprint density at radius 1 is 1.04 bits per heavy atom. The minimum absolute atomic E-state index is 0.149. The molecule has 2 heterocycles. The third kappa shape index (κ3) is 3.97. The Kier molecular flexibility index (Phi) is 5.21. The fraction of sp³-hybridized carbons (Fsp3) is 0.0952. The lowest BCUT2D eigenvalue weighted by atomic mass is 10.2. The van der Waals surface area contributed by atoms with Crippen LogP contribution in [0.2, 0.25) is 5.02 Å². The van der Waals surface area contributed by atoms with Crippen LogP contribution in [0.5, 0.6) is 5.75 Å². The van der Waals surface area contributed by atoms with Crippen LogP contribution in [0.3, 0.4) is 0 Å². The molecule has 1 amide bonds. The zero-order valence-corrected chi connectivity index (χ0v) is 15.6. The minimum atomic E-state index is -0.283. The number of hydrogen-bond acceptors (Lipinski definition) is 4. The Balaban J connectivity index is 1.42. The molecule has 0 aliphatic carbocycles. The van der Waals surface area contributed by atoms with Gasteiger partial charge in [0, 0.05) is 17.6 Å². The van der Waals surface area contributed by atoms with Gasteiger partial charge in [-0.25, -0.2) is 4.68 Å². The van der Waals surface area contributed by atoms with Gasteiger partial charge in [-0.05, 0) is 29.8 Å². The smallest absolute Gasteiger partial charge is 0.263 e. The van der Waals surface area contributed by atoms with E-state index >= 15 is 0 Å². The van der Waals surface area contributed by atoms with E-state index in [1.165, 1.54) is 0 Å². The van der Waals surface area contributed by atoms with Crippen molar-refractivity contribution >= 4 is 34.2 Å². The van der Waals surface area contributed by atoms with Crippen molar-refractivity contribution in [3.05, 3.63) is 83.6 Å². The predicted octanol–water partition coefficient (Wildman–Crippen LogP) is 4.15. The van der Waals surface area contributed by atoms with E-state index in [-0.39, 0.29) is 12.5 Å². The second-order valence-electron chi connectivity index (χ2n) is 6.14. The van der Waals surface area contributed by atoms with Crippen LogP contribution in [0.4, 0.5) is 5.82 Å². The standard InChI is InChI=1S/C21H17ClN4O2/c22-17-8-9-18(21-16(17)7-4-11-23-21)28-14-20(27)25-19-10-12-24-26(19)13-15-5-2-1-3-6-15/h1-12H,13-14H2,(H,25,27). The van der Waals surface area contributed by atoms with Crippen molar-refractivity contribution in [2.45, 2.75) is 6.54 Å². The molecule has 0 aliphatic heterocycles. The van der Waals surface area contributed by atoms with E-state index in [2.05, 4.69) is 15.4 Å². The van der Waals surface area contributed by atoms with Crippen LogP contribution in [0, 0.1) is 0 Å². The van der Waals surface area contributed by atoms with Crippen LogP contribution < -0.4 is 10.1 Å². The van der Waals surface area contributed by atoms with Gasteiger partial charge < -0.3 is 10.1 Å². The van der Waals surface area contributed by atoms with Gasteiger partial charge in [0.05, 0.1) is 17.8 Å². The fourth-order valence-corrected chi connectivity index (χ4v) is 3.09. The molecule has 4 rings (SSSR count). The first kappa shape index (κ1) is 18.0. The van der Waals surface area contributed by atoms with Crippen molar-refractivity contribution in [3.8, 4) is 5.75 Å². The predicted molar refractivity (Wildman–Crippen MR) is 109 cm³/mol. The highest BCUT2D eigenvalue weighted by Crippen LogP contribution is 2.29. The number of carbonyl (C=O) groups excluding carboxylic acids is 1. The molecule has 0 spiro atoms. The molecule has 2 aromatic carbocycles. The van der Waals surface area contributed by atoms with Gasteiger partial charge in [0.15, 0.2) is 6.61 Å². The fourth-order valence-electron chi connectivity index (χ4n) is 2.87. The Bertz CT molecular complexity index is 1110. The van der Waals surface area contributed by atoms with E-state index in [0.29, 0.717) is 28.7 Å². The van der Waals surface area contributed by atoms with Crippen LogP contribution in [0.1, 0.15) is 5.56 Å². The largest absolute Gasteiger partial charge is 0.481 e. The van der Waals surface area contributed by atoms with Gasteiger partial charge in [-0.3, -0.25) is 9.78 Å². The van der Waals surface area contributed by atoms with Crippen LogP contribution in [0.25, 0.3) is 10.9 Å². The maximum atomic E-state index is 12.4. The first-order valence-electron chi connectivity index (χ1n) is 8.72. The number of pyridine rings is 1. The van der Waals surface area contributed by atoms with Gasteiger partial charge >= 0.3 is 0 Å². The third-order valence-corrected chi connectivity index (χ3v) is 4.53. The monoisotopic (exact) mass is 392 g/mol. The summed E-state index contributed by atoms with van der Waals surface area (Å²) in [6.07, 6.45) is 3.31. The lowest BCUT2D eigenvalue weighted by Crippen LogP contribution is -2.22. The molecule has 0 fully saturated rings. The molecule has 0 bridgehead atoms. The quantitative estimate of drug-likeness (QED) is 0.535. The average Bonchev–Trinajstić information content (AvgIpc) is 3.15. The highest BCUT2D eigenvalue weighted by Gasteiger charge is 2.11. The van der Waals surface area contributed by atoms with Crippen molar-refractivity contribution in [2.75, 3.05) is 11.9 Å². The van der Waals surface area contributed by atoms with Gasteiger partial charge in [-0.2, -0.15) is 5.10 Å². The molecular formula is C21H17ClN4O2. The highest BCUT2D eigenvalue weighted by atomic mass is 35.5. The third-order valence-electron chi connectivity index (χ3n) is 4.20. The number of nitrogens with one attached hydrogen (secondary N) is 1. The van der Waals surface area contributed by atoms with E-state index in [1.807, 2.05) is 36.4 Å². The number of fused-ring (bicyclic) bond motifs is 1. The number of amides is 1. The van der Waals surface area contributed by atoms with Gasteiger partial charge in [-0.1, -0.05) is 41.9 Å². The van der Waals surface area contributed by atoms with Crippen LogP contribution in [0.15, 0.2) is 73.1 Å². The molecule has 0 saturated carbocycles. The van der Waals surface area contributed by atoms with Gasteiger partial charge in [0.1, 0.15) is 17.1 Å². The number of anilines is 1. The molecule has 28 heavy (non-hydrogen) atoms. The second kappa shape index (κ2) is 8.10. The maximum Gasteiger partial charge on any atom is 0.263 e. The van der Waals surface area contributed by atoms with Crippen LogP contribution >= 0.6 is 11.6 Å². The highest BCUT2D eigenvalue weighted by molar-refractivity contribution is 6.35.